The van der Waals surface area contributed by atoms with Gasteiger partial charge in [-0.2, -0.15) is 17.2 Å². The van der Waals surface area contributed by atoms with Crippen LogP contribution in [-0.4, -0.2) is 19.3 Å². The summed E-state index contributed by atoms with van der Waals surface area (Å²) >= 11 is 0. The molecule has 7 rings (SSSR count). The summed E-state index contributed by atoms with van der Waals surface area (Å²) in [6.45, 7) is 17.8. The Labute approximate surface area is 310 Å². The zero-order chi connectivity index (χ0) is 34.4. The number of aryl methyl sites for hydroxylation is 2. The molecule has 3 aromatic heterocycles. The first-order valence-corrected chi connectivity index (χ1v) is 17.5. The molecule has 5 nitrogen and oxygen atoms in total. The van der Waals surface area contributed by atoms with Gasteiger partial charge in [-0.15, -0.1) is 35.7 Å². The van der Waals surface area contributed by atoms with E-state index in [1.807, 2.05) is 30.5 Å². The van der Waals surface area contributed by atoms with E-state index in [-0.39, 0.29) is 21.1 Å². The van der Waals surface area contributed by atoms with Gasteiger partial charge in [0.25, 0.3) is 0 Å². The fourth-order valence-electron chi connectivity index (χ4n) is 7.24. The maximum absolute atomic E-state index is 6.53. The molecule has 6 heteroatoms. The fourth-order valence-corrected chi connectivity index (χ4v) is 7.24. The van der Waals surface area contributed by atoms with Gasteiger partial charge in [0, 0.05) is 34.5 Å². The Morgan fingerprint density at radius 1 is 0.720 bits per heavy atom. The van der Waals surface area contributed by atoms with Crippen molar-refractivity contribution in [2.45, 2.75) is 81.1 Å². The summed E-state index contributed by atoms with van der Waals surface area (Å²) in [6.07, 6.45) is 5.83. The summed E-state index contributed by atoms with van der Waals surface area (Å²) in [5.41, 5.74) is 15.8. The van der Waals surface area contributed by atoms with Crippen molar-refractivity contribution in [2.24, 2.45) is 0 Å². The monoisotopic (exact) mass is 839 g/mol. The fraction of sp³-hybridized carbons (Fsp3) is 0.273. The molecule has 0 saturated heterocycles. The van der Waals surface area contributed by atoms with E-state index in [9.17, 15) is 0 Å². The largest absolute Gasteiger partial charge is 2.00 e. The van der Waals surface area contributed by atoms with E-state index in [0.29, 0.717) is 11.5 Å². The maximum atomic E-state index is 6.53. The van der Waals surface area contributed by atoms with Crippen LogP contribution in [0.4, 0.5) is 0 Å². The Hall–Kier alpha value is -4.47. The van der Waals surface area contributed by atoms with Gasteiger partial charge in [0.1, 0.15) is 5.82 Å². The minimum atomic E-state index is 0. The molecule has 0 aliphatic carbocycles. The van der Waals surface area contributed by atoms with Crippen LogP contribution in [0.25, 0.3) is 44.4 Å². The molecule has 0 N–H and O–H groups in total. The van der Waals surface area contributed by atoms with Gasteiger partial charge in [-0.05, 0) is 129 Å². The van der Waals surface area contributed by atoms with E-state index < -0.39 is 0 Å². The van der Waals surface area contributed by atoms with Crippen LogP contribution in [0.5, 0.6) is 11.5 Å². The van der Waals surface area contributed by atoms with Crippen LogP contribution in [0.1, 0.15) is 71.5 Å². The van der Waals surface area contributed by atoms with Gasteiger partial charge in [0.05, 0.1) is 5.69 Å². The Morgan fingerprint density at radius 2 is 1.44 bits per heavy atom. The summed E-state index contributed by atoms with van der Waals surface area (Å²) in [5.74, 6) is 2.10. The molecule has 0 fully saturated rings. The molecule has 0 aliphatic rings. The molecule has 0 unspecified atom stereocenters. The SMILES string of the molecule is CCCCc1c(-c2c(C)c(C)c(C)c(C)c2C)c(CC)nn1-c1[c-]c(Oc2[c-]c3c(cc2)c2ccccc2n3-c2cc(C)ccn2)ccc1.[Pt+2]. The third-order valence-electron chi connectivity index (χ3n) is 10.3. The number of para-hydroxylation sites is 1. The zero-order valence-corrected chi connectivity index (χ0v) is 32.5. The molecule has 7 aromatic rings. The predicted molar refractivity (Wildman–Crippen MR) is 202 cm³/mol. The molecule has 0 bridgehead atoms. The number of unbranched alkanes of at least 4 members (excludes halogenated alkanes) is 1. The van der Waals surface area contributed by atoms with Crippen molar-refractivity contribution < 1.29 is 25.8 Å². The van der Waals surface area contributed by atoms with Crippen LogP contribution < -0.4 is 4.74 Å². The van der Waals surface area contributed by atoms with Gasteiger partial charge in [-0.1, -0.05) is 44.0 Å². The van der Waals surface area contributed by atoms with E-state index in [1.165, 1.54) is 44.6 Å². The van der Waals surface area contributed by atoms with Crippen molar-refractivity contribution in [1.82, 2.24) is 19.3 Å². The molecule has 0 atom stereocenters. The second kappa shape index (κ2) is 14.4. The van der Waals surface area contributed by atoms with Gasteiger partial charge in [0.2, 0.25) is 0 Å². The number of benzene rings is 4. The Balaban J connectivity index is 0.00000432. The van der Waals surface area contributed by atoms with Crippen LogP contribution >= 0.6 is 0 Å². The molecular weight excluding hydrogens is 796 g/mol. The second-order valence-electron chi connectivity index (χ2n) is 13.3. The number of fused-ring (bicyclic) bond motifs is 3. The number of aromatic nitrogens is 4. The van der Waals surface area contributed by atoms with Gasteiger partial charge in [0.15, 0.2) is 0 Å². The van der Waals surface area contributed by atoms with Crippen LogP contribution in [-0.2, 0) is 33.9 Å². The number of hydrogen-bond donors (Lipinski definition) is 0. The first-order valence-electron chi connectivity index (χ1n) is 17.5. The number of nitrogens with zero attached hydrogens (tertiary/aromatic N) is 4. The molecule has 0 saturated carbocycles. The van der Waals surface area contributed by atoms with E-state index in [4.69, 9.17) is 14.8 Å². The normalized spacial score (nSPS) is 11.4. The number of rotatable bonds is 9. The minimum Gasteiger partial charge on any atom is -0.509 e. The smallest absolute Gasteiger partial charge is 0.509 e. The first-order chi connectivity index (χ1) is 23.7. The average Bonchev–Trinajstić information content (AvgIpc) is 3.64. The number of ether oxygens (including phenoxy) is 1. The van der Waals surface area contributed by atoms with Crippen LogP contribution in [0, 0.1) is 53.7 Å². The topological polar surface area (TPSA) is 44.9 Å². The Kier molecular flexibility index (Phi) is 10.2. The molecule has 0 radical (unpaired) electrons. The van der Waals surface area contributed by atoms with Crippen molar-refractivity contribution in [3.05, 3.63) is 130 Å². The quantitative estimate of drug-likeness (QED) is 0.136. The summed E-state index contributed by atoms with van der Waals surface area (Å²) in [4.78, 5) is 4.72. The third kappa shape index (κ3) is 6.11. The molecule has 0 aliphatic heterocycles. The van der Waals surface area contributed by atoms with Crippen molar-refractivity contribution in [1.29, 1.82) is 0 Å². The summed E-state index contributed by atoms with van der Waals surface area (Å²) in [7, 11) is 0. The number of pyridine rings is 1. The van der Waals surface area contributed by atoms with E-state index in [2.05, 4.69) is 119 Å². The van der Waals surface area contributed by atoms with Gasteiger partial charge in [-0.25, -0.2) is 4.98 Å². The molecule has 4 aromatic carbocycles. The minimum absolute atomic E-state index is 0. The van der Waals surface area contributed by atoms with Gasteiger partial charge < -0.3 is 9.30 Å². The second-order valence-corrected chi connectivity index (χ2v) is 13.3. The van der Waals surface area contributed by atoms with Crippen LogP contribution in [0.3, 0.4) is 0 Å². The molecule has 0 amide bonds. The molecule has 3 heterocycles. The molecular formula is C44H44N4OPt. The Morgan fingerprint density at radius 3 is 2.16 bits per heavy atom. The van der Waals surface area contributed by atoms with E-state index >= 15 is 0 Å². The Bertz CT molecular complexity index is 2330. The van der Waals surface area contributed by atoms with Crippen molar-refractivity contribution in [2.75, 3.05) is 0 Å². The average molecular weight is 840 g/mol. The van der Waals surface area contributed by atoms with Crippen molar-refractivity contribution in [3.63, 3.8) is 0 Å². The first kappa shape index (κ1) is 35.4. The summed E-state index contributed by atoms with van der Waals surface area (Å²) < 4.78 is 10.8. The van der Waals surface area contributed by atoms with Crippen molar-refractivity contribution in [3.8, 4) is 34.1 Å². The molecule has 50 heavy (non-hydrogen) atoms. The van der Waals surface area contributed by atoms with E-state index in [1.54, 1.807) is 0 Å². The van der Waals surface area contributed by atoms with Crippen molar-refractivity contribution >= 4 is 21.8 Å². The maximum Gasteiger partial charge on any atom is 2.00 e. The standard InChI is InChI=1S/C44H44N4O.Pt/c1-9-11-18-40-44(43-31(7)29(5)28(4)30(6)32(43)8)38(10-2)46-48(40)33-15-14-16-34(25-33)49-35-20-21-37-36-17-12-13-19-39(36)47(41(37)26-35)42-24-27(3)22-23-45-42;/h12-17,19-24H,9-11,18H2,1-8H3;/q-2;+2. The zero-order valence-electron chi connectivity index (χ0n) is 30.3. The summed E-state index contributed by atoms with van der Waals surface area (Å²) in [6, 6.07) is 29.9. The van der Waals surface area contributed by atoms with Gasteiger partial charge >= 0.3 is 21.1 Å². The predicted octanol–water partition coefficient (Wildman–Crippen LogP) is 11.2. The summed E-state index contributed by atoms with van der Waals surface area (Å²) in [5, 5.41) is 7.53. The van der Waals surface area contributed by atoms with Crippen LogP contribution in [0.15, 0.2) is 72.9 Å². The number of hydrogen-bond acceptors (Lipinski definition) is 3. The van der Waals surface area contributed by atoms with Crippen LogP contribution in [0.2, 0.25) is 0 Å². The molecule has 0 spiro atoms. The van der Waals surface area contributed by atoms with Gasteiger partial charge in [-0.3, -0.25) is 4.68 Å². The molecule has 256 valence electrons. The van der Waals surface area contributed by atoms with E-state index in [0.717, 1.165) is 70.3 Å². The third-order valence-corrected chi connectivity index (χ3v) is 10.3.